The molecule has 0 amide bonds. The number of hydrogen-bond donors (Lipinski definition) is 1. The first kappa shape index (κ1) is 9.41. The molecule has 1 N–H and O–H groups in total. The van der Waals surface area contributed by atoms with Gasteiger partial charge in [0.05, 0.1) is 11.4 Å². The predicted molar refractivity (Wildman–Crippen MR) is 60.0 cm³/mol. The number of rotatable bonds is 0. The van der Waals surface area contributed by atoms with Gasteiger partial charge in [-0.15, -0.1) is 11.8 Å². The van der Waals surface area contributed by atoms with Crippen molar-refractivity contribution in [2.75, 3.05) is 0 Å². The number of benzene rings is 1. The topological polar surface area (TPSA) is 67.8 Å². The van der Waals surface area contributed by atoms with E-state index in [1.807, 2.05) is 24.3 Å². The average Bonchev–Trinajstić information content (AvgIpc) is 2.33. The summed E-state index contributed by atoms with van der Waals surface area (Å²) in [7, 11) is 0. The lowest BCUT2D eigenvalue weighted by molar-refractivity contribution is 0.750. The molecule has 0 unspecified atom stereocenters. The van der Waals surface area contributed by atoms with Crippen molar-refractivity contribution in [1.29, 1.82) is 0 Å². The summed E-state index contributed by atoms with van der Waals surface area (Å²) in [6.45, 7) is 0. The molecule has 0 atom stereocenters. The molecule has 0 spiro atoms. The molecule has 2 heterocycles. The van der Waals surface area contributed by atoms with Gasteiger partial charge >= 0.3 is 11.1 Å². The monoisotopic (exact) mass is 233 g/mol. The molecule has 16 heavy (non-hydrogen) atoms. The molecule has 80 valence electrons. The Morgan fingerprint density at radius 2 is 2.12 bits per heavy atom. The quantitative estimate of drug-likeness (QED) is 0.674. The molecule has 0 saturated carbocycles. The molecule has 3 rings (SSSR count). The number of nitrogens with zero attached hydrogens (tertiary/aromatic N) is 2. The second-order valence-electron chi connectivity index (χ2n) is 3.37. The van der Waals surface area contributed by atoms with Crippen LogP contribution in [0.1, 0.15) is 5.82 Å². The third-order valence-electron chi connectivity index (χ3n) is 2.40. The van der Waals surface area contributed by atoms with E-state index < -0.39 is 11.1 Å². The van der Waals surface area contributed by atoms with E-state index >= 15 is 0 Å². The fraction of sp³-hybridized carbons (Fsp3) is 0.100. The fourth-order valence-corrected chi connectivity index (χ4v) is 2.64. The summed E-state index contributed by atoms with van der Waals surface area (Å²) in [6, 6.07) is 7.48. The highest BCUT2D eigenvalue weighted by Crippen LogP contribution is 2.31. The van der Waals surface area contributed by atoms with Crippen LogP contribution in [-0.2, 0) is 5.75 Å². The largest absolute Gasteiger partial charge is 0.330 e. The third-order valence-corrected chi connectivity index (χ3v) is 3.46. The molecular formula is C10H7N3O2S. The molecule has 1 aliphatic heterocycles. The van der Waals surface area contributed by atoms with Crippen molar-refractivity contribution in [1.82, 2.24) is 14.8 Å². The Hall–Kier alpha value is -1.82. The van der Waals surface area contributed by atoms with E-state index in [0.717, 1.165) is 10.6 Å². The summed E-state index contributed by atoms with van der Waals surface area (Å²) in [6.07, 6.45) is 0. The predicted octanol–water partition coefficient (Wildman–Crippen LogP) is 0.526. The average molecular weight is 233 g/mol. The molecule has 1 aliphatic rings. The SMILES string of the molecule is O=c1[nH]nc2n(c1=O)-c1ccccc1SC2. The number of hydrogen-bond acceptors (Lipinski definition) is 4. The molecule has 0 radical (unpaired) electrons. The van der Waals surface area contributed by atoms with Gasteiger partial charge < -0.3 is 0 Å². The maximum absolute atomic E-state index is 11.7. The lowest BCUT2D eigenvalue weighted by atomic mass is 10.3. The Kier molecular flexibility index (Phi) is 1.97. The van der Waals surface area contributed by atoms with Gasteiger partial charge in [0.15, 0.2) is 0 Å². The lowest BCUT2D eigenvalue weighted by Gasteiger charge is -2.18. The van der Waals surface area contributed by atoms with Gasteiger partial charge in [-0.25, -0.2) is 5.10 Å². The van der Waals surface area contributed by atoms with Gasteiger partial charge in [-0.1, -0.05) is 12.1 Å². The van der Waals surface area contributed by atoms with Gasteiger partial charge in [-0.2, -0.15) is 5.10 Å². The van der Waals surface area contributed by atoms with Gasteiger partial charge in [0.1, 0.15) is 5.82 Å². The minimum atomic E-state index is -0.689. The van der Waals surface area contributed by atoms with Gasteiger partial charge in [0.2, 0.25) is 0 Å². The Balaban J connectivity index is 2.43. The van der Waals surface area contributed by atoms with Gasteiger partial charge in [0, 0.05) is 4.90 Å². The number of aromatic nitrogens is 3. The Bertz CT molecular complexity index is 674. The highest BCUT2D eigenvalue weighted by atomic mass is 32.2. The van der Waals surface area contributed by atoms with E-state index in [4.69, 9.17) is 0 Å². The molecule has 1 aromatic heterocycles. The van der Waals surface area contributed by atoms with Crippen molar-refractivity contribution in [2.45, 2.75) is 10.6 Å². The summed E-state index contributed by atoms with van der Waals surface area (Å²) < 4.78 is 1.38. The summed E-state index contributed by atoms with van der Waals surface area (Å²) in [5.74, 6) is 1.16. The van der Waals surface area contributed by atoms with E-state index in [0.29, 0.717) is 11.6 Å². The third kappa shape index (κ3) is 1.23. The van der Waals surface area contributed by atoms with E-state index in [-0.39, 0.29) is 0 Å². The highest BCUT2D eigenvalue weighted by molar-refractivity contribution is 7.98. The van der Waals surface area contributed by atoms with Crippen LogP contribution in [0.15, 0.2) is 38.8 Å². The summed E-state index contributed by atoms with van der Waals surface area (Å²) in [5.41, 5.74) is -0.527. The number of thioether (sulfide) groups is 1. The number of H-pyrrole nitrogens is 1. The van der Waals surface area contributed by atoms with Crippen LogP contribution in [0.25, 0.3) is 5.69 Å². The minimum absolute atomic E-state index is 0.572. The first-order valence-electron chi connectivity index (χ1n) is 4.70. The lowest BCUT2D eigenvalue weighted by Crippen LogP contribution is -2.39. The van der Waals surface area contributed by atoms with Crippen LogP contribution in [0, 0.1) is 0 Å². The van der Waals surface area contributed by atoms with Crippen molar-refractivity contribution in [2.24, 2.45) is 0 Å². The van der Waals surface area contributed by atoms with Crippen LogP contribution >= 0.6 is 11.8 Å². The summed E-state index contributed by atoms with van der Waals surface area (Å²) in [5, 5.41) is 6.09. The van der Waals surface area contributed by atoms with Crippen LogP contribution in [0.4, 0.5) is 0 Å². The van der Waals surface area contributed by atoms with E-state index in [2.05, 4.69) is 10.2 Å². The molecule has 1 aromatic carbocycles. The van der Waals surface area contributed by atoms with Crippen LogP contribution in [-0.4, -0.2) is 14.8 Å². The maximum Gasteiger partial charge on any atom is 0.330 e. The molecule has 0 bridgehead atoms. The summed E-state index contributed by atoms with van der Waals surface area (Å²) in [4.78, 5) is 24.0. The Labute approximate surface area is 94.1 Å². The number of aromatic amines is 1. The highest BCUT2D eigenvalue weighted by Gasteiger charge is 2.19. The van der Waals surface area contributed by atoms with Crippen molar-refractivity contribution >= 4 is 11.8 Å². The molecule has 0 aliphatic carbocycles. The molecule has 2 aromatic rings. The van der Waals surface area contributed by atoms with Crippen molar-refractivity contribution in [3.63, 3.8) is 0 Å². The molecular weight excluding hydrogens is 226 g/mol. The molecule has 0 fully saturated rings. The fourth-order valence-electron chi connectivity index (χ4n) is 1.68. The number of nitrogens with one attached hydrogen (secondary N) is 1. The second kappa shape index (κ2) is 3.34. The van der Waals surface area contributed by atoms with Crippen LogP contribution in [0.3, 0.4) is 0 Å². The Morgan fingerprint density at radius 3 is 3.00 bits per heavy atom. The van der Waals surface area contributed by atoms with E-state index in [1.165, 1.54) is 4.57 Å². The van der Waals surface area contributed by atoms with Crippen LogP contribution < -0.4 is 11.1 Å². The van der Waals surface area contributed by atoms with E-state index in [9.17, 15) is 9.59 Å². The van der Waals surface area contributed by atoms with E-state index in [1.54, 1.807) is 11.8 Å². The van der Waals surface area contributed by atoms with Gasteiger partial charge in [-0.05, 0) is 12.1 Å². The van der Waals surface area contributed by atoms with Crippen molar-refractivity contribution in [3.05, 3.63) is 50.8 Å². The number of fused-ring (bicyclic) bond motifs is 3. The van der Waals surface area contributed by atoms with Crippen molar-refractivity contribution < 1.29 is 0 Å². The zero-order chi connectivity index (χ0) is 11.1. The van der Waals surface area contributed by atoms with Gasteiger partial charge in [0.25, 0.3) is 0 Å². The molecule has 5 nitrogen and oxygen atoms in total. The maximum atomic E-state index is 11.7. The standard InChI is InChI=1S/C10H7N3O2S/c14-9-10(15)13-6-3-1-2-4-7(6)16-5-8(13)11-12-9/h1-4H,5H2,(H,12,14). The van der Waals surface area contributed by atoms with Crippen LogP contribution in [0.2, 0.25) is 0 Å². The zero-order valence-corrected chi connectivity index (χ0v) is 8.95. The van der Waals surface area contributed by atoms with Crippen molar-refractivity contribution in [3.8, 4) is 5.69 Å². The Morgan fingerprint density at radius 1 is 1.31 bits per heavy atom. The zero-order valence-electron chi connectivity index (χ0n) is 8.14. The normalized spacial score (nSPS) is 13.0. The molecule has 6 heteroatoms. The van der Waals surface area contributed by atoms with Crippen LogP contribution in [0.5, 0.6) is 0 Å². The summed E-state index contributed by atoms with van der Waals surface area (Å²) >= 11 is 1.60. The second-order valence-corrected chi connectivity index (χ2v) is 4.38. The number of para-hydroxylation sites is 1. The minimum Gasteiger partial charge on any atom is -0.263 e. The van der Waals surface area contributed by atoms with Gasteiger partial charge in [-0.3, -0.25) is 14.2 Å². The first-order valence-corrected chi connectivity index (χ1v) is 5.69. The molecule has 0 saturated heterocycles. The first-order chi connectivity index (χ1) is 7.77. The smallest absolute Gasteiger partial charge is 0.263 e.